The lowest BCUT2D eigenvalue weighted by atomic mass is 10.0. The molecule has 1 aromatic carbocycles. The molecule has 0 aliphatic carbocycles. The zero-order chi connectivity index (χ0) is 10.8. The first-order valence-corrected chi connectivity index (χ1v) is 5.22. The van der Waals surface area contributed by atoms with E-state index in [0.717, 1.165) is 17.8 Å². The molecule has 2 heteroatoms. The highest BCUT2D eigenvalue weighted by atomic mass is 15.1. The lowest BCUT2D eigenvalue weighted by Gasteiger charge is -2.04. The molecule has 0 spiro atoms. The van der Waals surface area contributed by atoms with Crippen molar-refractivity contribution in [3.63, 3.8) is 0 Å². The lowest BCUT2D eigenvalue weighted by Crippen LogP contribution is -1.93. The smallest absolute Gasteiger partial charge is 0.0668 e. The summed E-state index contributed by atoms with van der Waals surface area (Å²) in [6.45, 7) is 6.30. The summed E-state index contributed by atoms with van der Waals surface area (Å²) in [5.41, 5.74) is 6.24. The van der Waals surface area contributed by atoms with Crippen LogP contribution < -0.4 is 0 Å². The summed E-state index contributed by atoms with van der Waals surface area (Å²) in [6.07, 6.45) is 0.915. The molecule has 1 N–H and O–H groups in total. The number of aromatic amines is 1. The Balaban J connectivity index is 2.27. The third-order valence-corrected chi connectivity index (χ3v) is 2.64. The zero-order valence-electron chi connectivity index (χ0n) is 9.46. The van der Waals surface area contributed by atoms with E-state index in [4.69, 9.17) is 0 Å². The van der Waals surface area contributed by atoms with Gasteiger partial charge in [-0.05, 0) is 38.0 Å². The topological polar surface area (TPSA) is 28.7 Å². The molecule has 0 radical (unpaired) electrons. The molecule has 15 heavy (non-hydrogen) atoms. The van der Waals surface area contributed by atoms with Crippen molar-refractivity contribution >= 4 is 0 Å². The van der Waals surface area contributed by atoms with Gasteiger partial charge in [0, 0.05) is 12.1 Å². The highest BCUT2D eigenvalue weighted by molar-refractivity contribution is 5.33. The van der Waals surface area contributed by atoms with E-state index in [1.165, 1.54) is 16.7 Å². The first kappa shape index (κ1) is 9.97. The molecule has 78 valence electrons. The predicted molar refractivity (Wildman–Crippen MR) is 62.0 cm³/mol. The molecule has 0 aliphatic heterocycles. The van der Waals surface area contributed by atoms with E-state index in [1.54, 1.807) is 0 Å². The Bertz CT molecular complexity index is 469. The first-order valence-electron chi connectivity index (χ1n) is 5.22. The second-order valence-corrected chi connectivity index (χ2v) is 4.15. The van der Waals surface area contributed by atoms with Crippen molar-refractivity contribution in [1.29, 1.82) is 0 Å². The minimum absolute atomic E-state index is 0.915. The largest absolute Gasteiger partial charge is 0.283 e. The van der Waals surface area contributed by atoms with Gasteiger partial charge in [0.2, 0.25) is 0 Å². The van der Waals surface area contributed by atoms with Crippen molar-refractivity contribution in [2.24, 2.45) is 0 Å². The summed E-state index contributed by atoms with van der Waals surface area (Å²) < 4.78 is 0. The molecule has 0 saturated heterocycles. The minimum atomic E-state index is 0.915. The third kappa shape index (κ3) is 2.27. The standard InChI is InChI=1S/C13H16N2/c1-9-4-5-10(2)12(6-9)8-13-7-11(3)14-15-13/h4-7H,8H2,1-3H3,(H,14,15). The molecule has 2 aromatic rings. The highest BCUT2D eigenvalue weighted by Crippen LogP contribution is 2.14. The van der Waals surface area contributed by atoms with E-state index < -0.39 is 0 Å². The number of aromatic nitrogens is 2. The fourth-order valence-corrected chi connectivity index (χ4v) is 1.75. The summed E-state index contributed by atoms with van der Waals surface area (Å²) in [5.74, 6) is 0. The highest BCUT2D eigenvalue weighted by Gasteiger charge is 2.03. The van der Waals surface area contributed by atoms with Crippen LogP contribution in [0.4, 0.5) is 0 Å². The number of hydrogen-bond donors (Lipinski definition) is 1. The van der Waals surface area contributed by atoms with Gasteiger partial charge in [-0.25, -0.2) is 0 Å². The van der Waals surface area contributed by atoms with Crippen molar-refractivity contribution in [2.45, 2.75) is 27.2 Å². The van der Waals surface area contributed by atoms with E-state index in [1.807, 2.05) is 6.92 Å². The Labute approximate surface area is 90.3 Å². The van der Waals surface area contributed by atoms with E-state index in [2.05, 4.69) is 48.3 Å². The number of rotatable bonds is 2. The van der Waals surface area contributed by atoms with Gasteiger partial charge in [-0.15, -0.1) is 0 Å². The van der Waals surface area contributed by atoms with E-state index in [9.17, 15) is 0 Å². The Morgan fingerprint density at radius 2 is 1.93 bits per heavy atom. The predicted octanol–water partition coefficient (Wildman–Crippen LogP) is 2.93. The molecule has 0 bridgehead atoms. The summed E-state index contributed by atoms with van der Waals surface area (Å²) in [4.78, 5) is 0. The minimum Gasteiger partial charge on any atom is -0.283 e. The SMILES string of the molecule is Cc1ccc(C)c(Cc2cc(C)[nH]n2)c1. The van der Waals surface area contributed by atoms with Crippen LogP contribution in [0.3, 0.4) is 0 Å². The van der Waals surface area contributed by atoms with Crippen LogP contribution in [0.25, 0.3) is 0 Å². The van der Waals surface area contributed by atoms with Crippen LogP contribution in [0.1, 0.15) is 28.1 Å². The van der Waals surface area contributed by atoms with Gasteiger partial charge in [-0.2, -0.15) is 5.10 Å². The molecule has 0 aliphatic rings. The number of H-pyrrole nitrogens is 1. The maximum atomic E-state index is 4.26. The van der Waals surface area contributed by atoms with E-state index in [0.29, 0.717) is 0 Å². The van der Waals surface area contributed by atoms with Gasteiger partial charge in [0.25, 0.3) is 0 Å². The van der Waals surface area contributed by atoms with Gasteiger partial charge < -0.3 is 0 Å². The molecular formula is C13H16N2. The maximum absolute atomic E-state index is 4.26. The van der Waals surface area contributed by atoms with Crippen molar-refractivity contribution in [3.8, 4) is 0 Å². The van der Waals surface area contributed by atoms with Gasteiger partial charge in [-0.3, -0.25) is 5.10 Å². The Morgan fingerprint density at radius 1 is 1.13 bits per heavy atom. The monoisotopic (exact) mass is 200 g/mol. The number of aryl methyl sites for hydroxylation is 3. The molecule has 0 saturated carbocycles. The van der Waals surface area contributed by atoms with Crippen LogP contribution in [0.2, 0.25) is 0 Å². The van der Waals surface area contributed by atoms with Gasteiger partial charge in [0.15, 0.2) is 0 Å². The van der Waals surface area contributed by atoms with Crippen molar-refractivity contribution in [1.82, 2.24) is 10.2 Å². The molecule has 0 fully saturated rings. The summed E-state index contributed by atoms with van der Waals surface area (Å²) in [6, 6.07) is 8.65. The molecule has 2 rings (SSSR count). The molecule has 1 heterocycles. The molecular weight excluding hydrogens is 184 g/mol. The average Bonchev–Trinajstić information content (AvgIpc) is 2.58. The third-order valence-electron chi connectivity index (χ3n) is 2.64. The lowest BCUT2D eigenvalue weighted by molar-refractivity contribution is 0.974. The first-order chi connectivity index (χ1) is 7.15. The number of nitrogens with one attached hydrogen (secondary N) is 1. The molecule has 0 unspecified atom stereocenters. The fourth-order valence-electron chi connectivity index (χ4n) is 1.75. The van der Waals surface area contributed by atoms with Crippen molar-refractivity contribution in [3.05, 3.63) is 52.3 Å². The average molecular weight is 200 g/mol. The van der Waals surface area contributed by atoms with Gasteiger partial charge in [-0.1, -0.05) is 23.8 Å². The number of nitrogens with zero attached hydrogens (tertiary/aromatic N) is 1. The second-order valence-electron chi connectivity index (χ2n) is 4.15. The van der Waals surface area contributed by atoms with Gasteiger partial charge in [0.05, 0.1) is 5.69 Å². The van der Waals surface area contributed by atoms with Crippen molar-refractivity contribution in [2.75, 3.05) is 0 Å². The normalized spacial score (nSPS) is 10.6. The van der Waals surface area contributed by atoms with Crippen LogP contribution in [-0.2, 0) is 6.42 Å². The summed E-state index contributed by atoms with van der Waals surface area (Å²) in [5, 5.41) is 7.23. The number of benzene rings is 1. The fraction of sp³-hybridized carbons (Fsp3) is 0.308. The quantitative estimate of drug-likeness (QED) is 0.793. The Hall–Kier alpha value is -1.57. The molecule has 0 atom stereocenters. The van der Waals surface area contributed by atoms with Gasteiger partial charge >= 0.3 is 0 Å². The van der Waals surface area contributed by atoms with E-state index >= 15 is 0 Å². The van der Waals surface area contributed by atoms with Crippen LogP contribution in [0, 0.1) is 20.8 Å². The van der Waals surface area contributed by atoms with Crippen LogP contribution in [0.5, 0.6) is 0 Å². The number of hydrogen-bond acceptors (Lipinski definition) is 1. The van der Waals surface area contributed by atoms with Crippen LogP contribution >= 0.6 is 0 Å². The Kier molecular flexibility index (Phi) is 2.58. The second kappa shape index (κ2) is 3.89. The summed E-state index contributed by atoms with van der Waals surface area (Å²) in [7, 11) is 0. The van der Waals surface area contributed by atoms with E-state index in [-0.39, 0.29) is 0 Å². The molecule has 1 aromatic heterocycles. The van der Waals surface area contributed by atoms with Crippen molar-refractivity contribution < 1.29 is 0 Å². The Morgan fingerprint density at radius 3 is 2.60 bits per heavy atom. The summed E-state index contributed by atoms with van der Waals surface area (Å²) >= 11 is 0. The van der Waals surface area contributed by atoms with Crippen LogP contribution in [-0.4, -0.2) is 10.2 Å². The molecule has 0 amide bonds. The molecule has 2 nitrogen and oxygen atoms in total. The van der Waals surface area contributed by atoms with Crippen LogP contribution in [0.15, 0.2) is 24.3 Å². The maximum Gasteiger partial charge on any atom is 0.0668 e. The van der Waals surface area contributed by atoms with Gasteiger partial charge in [0.1, 0.15) is 0 Å². The zero-order valence-corrected chi connectivity index (χ0v) is 9.46.